The molecule has 0 spiro atoms. The minimum atomic E-state index is -0.223. The molecule has 1 aromatic rings. The van der Waals surface area contributed by atoms with Crippen LogP contribution < -0.4 is 9.64 Å². The number of anilines is 1. The van der Waals surface area contributed by atoms with E-state index in [2.05, 4.69) is 22.8 Å². The Morgan fingerprint density at radius 1 is 1.23 bits per heavy atom. The number of β-amino-alcohol motifs (C(OH)–C–C–N with tert-alkyl or cyclic N) is 1. The van der Waals surface area contributed by atoms with Crippen molar-refractivity contribution in [1.82, 2.24) is 4.90 Å². The fourth-order valence-electron chi connectivity index (χ4n) is 2.87. The third-order valence-corrected chi connectivity index (χ3v) is 4.63. The highest BCUT2D eigenvalue weighted by Crippen LogP contribution is 2.37. The quantitative estimate of drug-likeness (QED) is 0.872. The van der Waals surface area contributed by atoms with Crippen molar-refractivity contribution < 1.29 is 9.84 Å². The monoisotopic (exact) mass is 326 g/mol. The van der Waals surface area contributed by atoms with Gasteiger partial charge in [0.25, 0.3) is 0 Å². The third-order valence-electron chi connectivity index (χ3n) is 4.35. The molecule has 1 N–H and O–H groups in total. The lowest BCUT2D eigenvalue weighted by molar-refractivity contribution is 0.106. The summed E-state index contributed by atoms with van der Waals surface area (Å²) in [6.45, 7) is 8.67. The number of hydrogen-bond acceptors (Lipinski definition) is 4. The first kappa shape index (κ1) is 17.4. The van der Waals surface area contributed by atoms with Gasteiger partial charge in [0, 0.05) is 32.7 Å². The number of rotatable bonds is 6. The van der Waals surface area contributed by atoms with Crippen LogP contribution in [-0.4, -0.2) is 55.9 Å². The number of aryl methyl sites for hydroxylation is 1. The van der Waals surface area contributed by atoms with E-state index in [4.69, 9.17) is 16.3 Å². The Balaban J connectivity index is 2.09. The molecule has 1 aromatic carbocycles. The molecule has 1 saturated heterocycles. The molecule has 0 amide bonds. The molecule has 1 fully saturated rings. The van der Waals surface area contributed by atoms with E-state index >= 15 is 0 Å². The van der Waals surface area contributed by atoms with Crippen molar-refractivity contribution in [3.8, 4) is 5.75 Å². The summed E-state index contributed by atoms with van der Waals surface area (Å²) < 4.78 is 5.51. The Morgan fingerprint density at radius 2 is 1.91 bits per heavy atom. The van der Waals surface area contributed by atoms with Crippen LogP contribution in [0.4, 0.5) is 5.69 Å². The Labute approximate surface area is 138 Å². The van der Waals surface area contributed by atoms with Crippen molar-refractivity contribution in [2.75, 3.05) is 44.7 Å². The van der Waals surface area contributed by atoms with Crippen LogP contribution >= 0.6 is 11.6 Å². The van der Waals surface area contributed by atoms with Gasteiger partial charge in [-0.1, -0.05) is 25.4 Å². The van der Waals surface area contributed by atoms with E-state index in [-0.39, 0.29) is 6.10 Å². The van der Waals surface area contributed by atoms with Gasteiger partial charge in [-0.25, -0.2) is 0 Å². The summed E-state index contributed by atoms with van der Waals surface area (Å²) in [7, 11) is 1.67. The van der Waals surface area contributed by atoms with Gasteiger partial charge >= 0.3 is 0 Å². The number of halogens is 1. The van der Waals surface area contributed by atoms with Crippen molar-refractivity contribution >= 4 is 17.3 Å². The first-order valence-electron chi connectivity index (χ1n) is 8.10. The highest BCUT2D eigenvalue weighted by atomic mass is 35.5. The van der Waals surface area contributed by atoms with Gasteiger partial charge in [0.05, 0.1) is 23.9 Å². The first-order chi connectivity index (χ1) is 10.6. The van der Waals surface area contributed by atoms with Crippen LogP contribution in [0.5, 0.6) is 5.75 Å². The standard InChI is InChI=1S/C17H27ClN2O2/c1-4-13-10-15(18)17(22-3)16(11-13)20-8-6-19(7-9-20)12-14(21)5-2/h10-11,14,21H,4-9,12H2,1-3H3/t14-/m1/s1. The Morgan fingerprint density at radius 3 is 2.45 bits per heavy atom. The van der Waals surface area contributed by atoms with Crippen LogP contribution in [0.2, 0.25) is 5.02 Å². The maximum atomic E-state index is 9.79. The van der Waals surface area contributed by atoms with E-state index < -0.39 is 0 Å². The maximum absolute atomic E-state index is 9.79. The van der Waals surface area contributed by atoms with E-state index in [1.165, 1.54) is 5.56 Å². The molecule has 1 heterocycles. The van der Waals surface area contributed by atoms with Gasteiger partial charge in [0.15, 0.2) is 5.75 Å². The minimum Gasteiger partial charge on any atom is -0.493 e. The van der Waals surface area contributed by atoms with Crippen molar-refractivity contribution in [2.45, 2.75) is 32.8 Å². The number of piperazine rings is 1. The van der Waals surface area contributed by atoms with Crippen LogP contribution in [0.25, 0.3) is 0 Å². The second-order valence-electron chi connectivity index (χ2n) is 5.83. The second kappa shape index (κ2) is 8.04. The van der Waals surface area contributed by atoms with Crippen molar-refractivity contribution in [3.05, 3.63) is 22.7 Å². The topological polar surface area (TPSA) is 35.9 Å². The average molecular weight is 327 g/mol. The Bertz CT molecular complexity index is 488. The van der Waals surface area contributed by atoms with Gasteiger partial charge in [0.2, 0.25) is 0 Å². The molecule has 2 rings (SSSR count). The molecule has 5 heteroatoms. The molecule has 0 radical (unpaired) electrons. The second-order valence-corrected chi connectivity index (χ2v) is 6.24. The van der Waals surface area contributed by atoms with Crippen LogP contribution in [0.15, 0.2) is 12.1 Å². The van der Waals surface area contributed by atoms with Gasteiger partial charge in [-0.05, 0) is 30.5 Å². The normalized spacial score (nSPS) is 17.6. The molecule has 1 aliphatic heterocycles. The average Bonchev–Trinajstić information content (AvgIpc) is 2.54. The van der Waals surface area contributed by atoms with Crippen molar-refractivity contribution in [3.63, 3.8) is 0 Å². The summed E-state index contributed by atoms with van der Waals surface area (Å²) in [4.78, 5) is 4.65. The first-order valence-corrected chi connectivity index (χ1v) is 8.48. The fourth-order valence-corrected chi connectivity index (χ4v) is 3.19. The van der Waals surface area contributed by atoms with Gasteiger partial charge in [-0.15, -0.1) is 0 Å². The van der Waals surface area contributed by atoms with Crippen molar-refractivity contribution in [2.24, 2.45) is 0 Å². The van der Waals surface area contributed by atoms with Gasteiger partial charge in [-0.2, -0.15) is 0 Å². The lowest BCUT2D eigenvalue weighted by Gasteiger charge is -2.37. The molecule has 4 nitrogen and oxygen atoms in total. The fraction of sp³-hybridized carbons (Fsp3) is 0.647. The number of aliphatic hydroxyl groups is 1. The lowest BCUT2D eigenvalue weighted by Crippen LogP contribution is -2.48. The van der Waals surface area contributed by atoms with Gasteiger partial charge in [-0.3, -0.25) is 4.90 Å². The van der Waals surface area contributed by atoms with E-state index in [1.807, 2.05) is 13.0 Å². The Kier molecular flexibility index (Phi) is 6.36. The number of hydrogen-bond donors (Lipinski definition) is 1. The molecule has 124 valence electrons. The van der Waals surface area contributed by atoms with Crippen molar-refractivity contribution in [1.29, 1.82) is 0 Å². The zero-order chi connectivity index (χ0) is 16.1. The molecule has 22 heavy (non-hydrogen) atoms. The predicted molar refractivity (Wildman–Crippen MR) is 92.3 cm³/mol. The number of aliphatic hydroxyl groups excluding tert-OH is 1. The molecule has 0 aliphatic carbocycles. The maximum Gasteiger partial charge on any atom is 0.160 e. The number of nitrogens with zero attached hydrogens (tertiary/aromatic N) is 2. The summed E-state index contributed by atoms with van der Waals surface area (Å²) >= 11 is 6.35. The minimum absolute atomic E-state index is 0.223. The third kappa shape index (κ3) is 4.06. The molecule has 0 unspecified atom stereocenters. The molecule has 0 saturated carbocycles. The molecular formula is C17H27ClN2O2. The van der Waals surface area contributed by atoms with Gasteiger partial charge < -0.3 is 14.7 Å². The number of methoxy groups -OCH3 is 1. The van der Waals surface area contributed by atoms with E-state index in [1.54, 1.807) is 7.11 Å². The zero-order valence-electron chi connectivity index (χ0n) is 13.8. The molecular weight excluding hydrogens is 300 g/mol. The van der Waals surface area contributed by atoms with E-state index in [0.29, 0.717) is 5.02 Å². The van der Waals surface area contributed by atoms with Crippen LogP contribution in [0.1, 0.15) is 25.8 Å². The largest absolute Gasteiger partial charge is 0.493 e. The smallest absolute Gasteiger partial charge is 0.160 e. The predicted octanol–water partition coefficient (Wildman–Crippen LogP) is 2.80. The molecule has 1 aliphatic rings. The molecule has 0 aromatic heterocycles. The lowest BCUT2D eigenvalue weighted by atomic mass is 10.1. The highest BCUT2D eigenvalue weighted by Gasteiger charge is 2.22. The SMILES string of the molecule is CCc1cc(Cl)c(OC)c(N2CCN(C[C@H](O)CC)CC2)c1. The van der Waals surface area contributed by atoms with Crippen LogP contribution in [-0.2, 0) is 6.42 Å². The molecule has 1 atom stereocenters. The Hall–Kier alpha value is -0.970. The van der Waals surface area contributed by atoms with Crippen LogP contribution in [0, 0.1) is 0 Å². The summed E-state index contributed by atoms with van der Waals surface area (Å²) in [5, 5.41) is 10.5. The van der Waals surface area contributed by atoms with Crippen LogP contribution in [0.3, 0.4) is 0 Å². The summed E-state index contributed by atoms with van der Waals surface area (Å²) in [5.74, 6) is 0.765. The van der Waals surface area contributed by atoms with E-state index in [9.17, 15) is 5.11 Å². The van der Waals surface area contributed by atoms with E-state index in [0.717, 1.165) is 57.0 Å². The highest BCUT2D eigenvalue weighted by molar-refractivity contribution is 6.32. The summed E-state index contributed by atoms with van der Waals surface area (Å²) in [6.07, 6.45) is 1.54. The summed E-state index contributed by atoms with van der Waals surface area (Å²) in [6, 6.07) is 4.17. The van der Waals surface area contributed by atoms with Gasteiger partial charge in [0.1, 0.15) is 0 Å². The number of ether oxygens (including phenoxy) is 1. The zero-order valence-corrected chi connectivity index (χ0v) is 14.6. The number of benzene rings is 1. The summed E-state index contributed by atoms with van der Waals surface area (Å²) in [5.41, 5.74) is 2.31. The molecule has 0 bridgehead atoms.